The zero-order valence-electron chi connectivity index (χ0n) is 19.4. The molecule has 3 rings (SSSR count). The Morgan fingerprint density at radius 1 is 1.30 bits per heavy atom. The number of aliphatic hydroxyl groups excluding tert-OH is 1. The molecule has 3 N–H and O–H groups in total. The van der Waals surface area contributed by atoms with Crippen molar-refractivity contribution in [2.24, 2.45) is 0 Å². The van der Waals surface area contributed by atoms with E-state index in [4.69, 9.17) is 0 Å². The van der Waals surface area contributed by atoms with Crippen molar-refractivity contribution < 1.29 is 13.9 Å². The molecule has 2 aromatic carbocycles. The van der Waals surface area contributed by atoms with Crippen LogP contribution in [0.1, 0.15) is 43.0 Å². The van der Waals surface area contributed by atoms with E-state index < -0.39 is 5.92 Å². The molecule has 0 saturated carbocycles. The molecule has 178 valence electrons. The average Bonchev–Trinajstić information content (AvgIpc) is 3.21. The fourth-order valence-electron chi connectivity index (χ4n) is 3.84. The van der Waals surface area contributed by atoms with Gasteiger partial charge in [-0.2, -0.15) is 11.8 Å². The molecule has 0 saturated heterocycles. The number of H-pyrrole nitrogens is 1. The van der Waals surface area contributed by atoms with Crippen molar-refractivity contribution >= 4 is 28.7 Å². The lowest BCUT2D eigenvalue weighted by atomic mass is 9.98. The van der Waals surface area contributed by atoms with Crippen LogP contribution in [0.4, 0.5) is 14.7 Å². The normalized spacial score (nSPS) is 12.7. The minimum absolute atomic E-state index is 0.0284. The summed E-state index contributed by atoms with van der Waals surface area (Å²) in [5.41, 5.74) is 3.84. The second kappa shape index (κ2) is 11.0. The van der Waals surface area contributed by atoms with Gasteiger partial charge in [0.25, 0.3) is 5.92 Å². The number of hydrogen-bond donors (Lipinski definition) is 3. The Balaban J connectivity index is 1.94. The van der Waals surface area contributed by atoms with Crippen LogP contribution in [0.25, 0.3) is 11.0 Å². The summed E-state index contributed by atoms with van der Waals surface area (Å²) in [5.74, 6) is -1.43. The van der Waals surface area contributed by atoms with Crippen molar-refractivity contribution in [3.8, 4) is 0 Å². The fraction of sp³-hybridized carbons (Fsp3) is 0.400. The van der Waals surface area contributed by atoms with E-state index >= 15 is 0 Å². The highest BCUT2D eigenvalue weighted by atomic mass is 32.2. The highest BCUT2D eigenvalue weighted by molar-refractivity contribution is 7.98. The Labute approximate surface area is 198 Å². The van der Waals surface area contributed by atoms with Crippen LogP contribution < -0.4 is 5.32 Å². The third-order valence-corrected chi connectivity index (χ3v) is 6.30. The molecule has 1 unspecified atom stereocenters. The first-order valence-electron chi connectivity index (χ1n) is 11.0. The van der Waals surface area contributed by atoms with E-state index in [0.29, 0.717) is 17.9 Å². The van der Waals surface area contributed by atoms with Gasteiger partial charge in [-0.05, 0) is 30.9 Å². The van der Waals surface area contributed by atoms with Gasteiger partial charge in [0.05, 0.1) is 23.7 Å². The third-order valence-electron chi connectivity index (χ3n) is 5.71. The van der Waals surface area contributed by atoms with Gasteiger partial charge < -0.3 is 20.3 Å². The van der Waals surface area contributed by atoms with E-state index in [9.17, 15) is 13.9 Å². The number of alkyl halides is 2. The Morgan fingerprint density at radius 2 is 2.06 bits per heavy atom. The van der Waals surface area contributed by atoms with Crippen molar-refractivity contribution in [2.45, 2.75) is 38.8 Å². The lowest BCUT2D eigenvalue weighted by Gasteiger charge is -2.29. The number of anilines is 1. The van der Waals surface area contributed by atoms with Crippen LogP contribution >= 0.6 is 11.8 Å². The zero-order chi connectivity index (χ0) is 24.0. The Kier molecular flexibility index (Phi) is 8.37. The molecule has 0 aliphatic heterocycles. The van der Waals surface area contributed by atoms with E-state index in [1.807, 2.05) is 24.3 Å². The number of halogens is 2. The van der Waals surface area contributed by atoms with Gasteiger partial charge in [-0.25, -0.2) is 13.8 Å². The fourth-order valence-corrected chi connectivity index (χ4v) is 4.24. The van der Waals surface area contributed by atoms with Gasteiger partial charge in [-0.1, -0.05) is 36.9 Å². The van der Waals surface area contributed by atoms with E-state index in [0.717, 1.165) is 48.1 Å². The number of aromatic nitrogens is 2. The van der Waals surface area contributed by atoms with Gasteiger partial charge in [0, 0.05) is 49.0 Å². The van der Waals surface area contributed by atoms with Crippen molar-refractivity contribution in [1.29, 1.82) is 0 Å². The second-order valence-electron chi connectivity index (χ2n) is 8.11. The van der Waals surface area contributed by atoms with Crippen LogP contribution in [0.5, 0.6) is 0 Å². The summed E-state index contributed by atoms with van der Waals surface area (Å²) in [7, 11) is 0. The van der Waals surface area contributed by atoms with Crippen molar-refractivity contribution in [3.05, 3.63) is 71.4 Å². The maximum absolute atomic E-state index is 14.0. The number of rotatable bonds is 12. The SMILES string of the molecule is C=C(CC(Nc1nc2c(CO)cccc2[nH]1)c1cccc(C(C)(F)F)c1)N(CC)CCSC. The summed E-state index contributed by atoms with van der Waals surface area (Å²) < 4.78 is 28.1. The van der Waals surface area contributed by atoms with E-state index in [1.54, 1.807) is 23.9 Å². The molecule has 0 fully saturated rings. The predicted octanol–water partition coefficient (Wildman–Crippen LogP) is 5.91. The molecule has 0 aliphatic carbocycles. The Hall–Kier alpha value is -2.58. The van der Waals surface area contributed by atoms with Crippen LogP contribution in [-0.2, 0) is 12.5 Å². The van der Waals surface area contributed by atoms with Gasteiger partial charge in [0.2, 0.25) is 5.95 Å². The number of benzene rings is 2. The maximum atomic E-state index is 14.0. The number of fused-ring (bicyclic) bond motifs is 1. The zero-order valence-corrected chi connectivity index (χ0v) is 20.2. The Morgan fingerprint density at radius 3 is 2.73 bits per heavy atom. The van der Waals surface area contributed by atoms with Crippen molar-refractivity contribution in [2.75, 3.05) is 30.4 Å². The molecule has 8 heteroatoms. The largest absolute Gasteiger partial charge is 0.392 e. The molecule has 33 heavy (non-hydrogen) atoms. The molecule has 0 bridgehead atoms. The van der Waals surface area contributed by atoms with Crippen LogP contribution in [0, 0.1) is 0 Å². The van der Waals surface area contributed by atoms with Crippen LogP contribution in [0.3, 0.4) is 0 Å². The van der Waals surface area contributed by atoms with E-state index in [-0.39, 0.29) is 18.2 Å². The summed E-state index contributed by atoms with van der Waals surface area (Å²) in [6, 6.07) is 11.7. The number of imidazole rings is 1. The number of thioether (sulfide) groups is 1. The van der Waals surface area contributed by atoms with Gasteiger partial charge >= 0.3 is 0 Å². The van der Waals surface area contributed by atoms with Gasteiger partial charge in [-0.3, -0.25) is 0 Å². The van der Waals surface area contributed by atoms with E-state index in [1.165, 1.54) is 6.07 Å². The van der Waals surface area contributed by atoms with Gasteiger partial charge in [-0.15, -0.1) is 0 Å². The molecule has 1 heterocycles. The topological polar surface area (TPSA) is 64.2 Å². The van der Waals surface area contributed by atoms with Crippen LogP contribution in [0.2, 0.25) is 0 Å². The predicted molar refractivity (Wildman–Crippen MR) is 134 cm³/mol. The summed E-state index contributed by atoms with van der Waals surface area (Å²) in [4.78, 5) is 10.1. The molecule has 1 aromatic heterocycles. The quantitative estimate of drug-likeness (QED) is 0.305. The number of para-hydroxylation sites is 1. The summed E-state index contributed by atoms with van der Waals surface area (Å²) in [5, 5.41) is 13.0. The molecular formula is C25H32F2N4OS. The number of hydrogen-bond acceptors (Lipinski definition) is 5. The van der Waals surface area contributed by atoms with Crippen LogP contribution in [0.15, 0.2) is 54.7 Å². The number of nitrogens with one attached hydrogen (secondary N) is 2. The molecule has 0 spiro atoms. The number of aliphatic hydroxyl groups is 1. The summed E-state index contributed by atoms with van der Waals surface area (Å²) >= 11 is 1.77. The first-order chi connectivity index (χ1) is 15.8. The molecule has 5 nitrogen and oxygen atoms in total. The second-order valence-corrected chi connectivity index (χ2v) is 9.10. The number of aromatic amines is 1. The molecule has 0 amide bonds. The minimum Gasteiger partial charge on any atom is -0.392 e. The molecule has 0 aliphatic rings. The molecule has 0 radical (unpaired) electrons. The lowest BCUT2D eigenvalue weighted by molar-refractivity contribution is 0.0174. The summed E-state index contributed by atoms with van der Waals surface area (Å²) in [6.45, 7) is 8.87. The minimum atomic E-state index is -2.93. The molecular weight excluding hydrogens is 442 g/mol. The van der Waals surface area contributed by atoms with Gasteiger partial charge in [0.15, 0.2) is 0 Å². The standard InChI is InChI=1S/C25H32F2N4OS/c1-5-31(12-13-33-4)17(2)14-22(18-8-6-10-20(15-18)25(3,26)27)29-24-28-21-11-7-9-19(16-32)23(21)30-24/h6-11,15,22,32H,2,5,12-14,16H2,1,3-4H3,(H2,28,29,30). The lowest BCUT2D eigenvalue weighted by Crippen LogP contribution is -2.27. The highest BCUT2D eigenvalue weighted by Gasteiger charge is 2.26. The maximum Gasteiger partial charge on any atom is 0.270 e. The first-order valence-corrected chi connectivity index (χ1v) is 12.4. The van der Waals surface area contributed by atoms with Crippen molar-refractivity contribution in [1.82, 2.24) is 14.9 Å². The highest BCUT2D eigenvalue weighted by Crippen LogP contribution is 2.32. The first kappa shape index (κ1) is 25.1. The summed E-state index contributed by atoms with van der Waals surface area (Å²) in [6.07, 6.45) is 2.60. The number of nitrogens with zero attached hydrogens (tertiary/aromatic N) is 2. The van der Waals surface area contributed by atoms with E-state index in [2.05, 4.69) is 39.9 Å². The Bertz CT molecular complexity index is 1080. The smallest absolute Gasteiger partial charge is 0.270 e. The monoisotopic (exact) mass is 474 g/mol. The average molecular weight is 475 g/mol. The van der Waals surface area contributed by atoms with Crippen molar-refractivity contribution in [3.63, 3.8) is 0 Å². The van der Waals surface area contributed by atoms with Gasteiger partial charge in [0.1, 0.15) is 0 Å². The molecule has 1 atom stereocenters. The molecule has 3 aromatic rings. The third kappa shape index (κ3) is 6.26. The van der Waals surface area contributed by atoms with Crippen LogP contribution in [-0.4, -0.2) is 45.1 Å².